The summed E-state index contributed by atoms with van der Waals surface area (Å²) in [5, 5.41) is 11.7. The molecular weight excluding hydrogens is 420 g/mol. The monoisotopic (exact) mass is 444 g/mol. The van der Waals surface area contributed by atoms with E-state index in [9.17, 15) is 22.8 Å². The molecule has 9 heteroatoms. The molecule has 0 radical (unpaired) electrons. The highest BCUT2D eigenvalue weighted by molar-refractivity contribution is 7.91. The molecule has 0 saturated heterocycles. The lowest BCUT2D eigenvalue weighted by Crippen LogP contribution is -2.27. The number of nitrogens with zero attached hydrogens (tertiary/aromatic N) is 1. The predicted molar refractivity (Wildman–Crippen MR) is 116 cm³/mol. The molecule has 1 aliphatic rings. The second kappa shape index (κ2) is 8.89. The van der Waals surface area contributed by atoms with E-state index in [4.69, 9.17) is 5.11 Å². The minimum Gasteiger partial charge on any atom is -0.478 e. The van der Waals surface area contributed by atoms with Gasteiger partial charge < -0.3 is 15.3 Å². The molecule has 0 saturated carbocycles. The molecule has 0 fully saturated rings. The normalized spacial score (nSPS) is 13.0. The van der Waals surface area contributed by atoms with Crippen LogP contribution < -0.4 is 10.2 Å². The van der Waals surface area contributed by atoms with Gasteiger partial charge in [0.05, 0.1) is 16.2 Å². The third-order valence-electron chi connectivity index (χ3n) is 5.27. The summed E-state index contributed by atoms with van der Waals surface area (Å²) < 4.78 is 25.5. The van der Waals surface area contributed by atoms with Crippen molar-refractivity contribution in [2.75, 3.05) is 22.5 Å². The Hall–Kier alpha value is -3.20. The zero-order valence-electron chi connectivity index (χ0n) is 17.3. The molecule has 3 rings (SSSR count). The zero-order chi connectivity index (χ0) is 22.8. The summed E-state index contributed by atoms with van der Waals surface area (Å²) >= 11 is 0. The van der Waals surface area contributed by atoms with Gasteiger partial charge in [-0.3, -0.25) is 9.59 Å². The molecule has 2 aromatic carbocycles. The van der Waals surface area contributed by atoms with E-state index >= 15 is 0 Å². The Labute approximate surface area is 180 Å². The van der Waals surface area contributed by atoms with Gasteiger partial charge in [-0.25, -0.2) is 13.2 Å². The SMILES string of the molecule is CCC(=O)N1CCc2cc(S(=O)(=O)CCC(=O)Nc3cc(C(=O)O)ccc3C)ccc21. The highest BCUT2D eigenvalue weighted by Crippen LogP contribution is 2.31. The third-order valence-corrected chi connectivity index (χ3v) is 6.98. The van der Waals surface area contributed by atoms with Crippen LogP contribution in [0.15, 0.2) is 41.3 Å². The lowest BCUT2D eigenvalue weighted by Gasteiger charge is -2.16. The van der Waals surface area contributed by atoms with Gasteiger partial charge in [0.15, 0.2) is 9.84 Å². The van der Waals surface area contributed by atoms with Crippen molar-refractivity contribution in [2.24, 2.45) is 0 Å². The molecule has 0 spiro atoms. The van der Waals surface area contributed by atoms with E-state index in [-0.39, 0.29) is 28.5 Å². The fraction of sp³-hybridized carbons (Fsp3) is 0.318. The number of carboxylic acid groups (broad SMARTS) is 1. The van der Waals surface area contributed by atoms with Gasteiger partial charge in [0.1, 0.15) is 0 Å². The van der Waals surface area contributed by atoms with E-state index in [1.807, 2.05) is 0 Å². The van der Waals surface area contributed by atoms with Crippen LogP contribution in [0.3, 0.4) is 0 Å². The number of rotatable bonds is 7. The zero-order valence-corrected chi connectivity index (χ0v) is 18.2. The van der Waals surface area contributed by atoms with Gasteiger partial charge in [-0.05, 0) is 54.8 Å². The van der Waals surface area contributed by atoms with Crippen LogP contribution in [0.25, 0.3) is 0 Å². The van der Waals surface area contributed by atoms with Crippen molar-refractivity contribution in [1.29, 1.82) is 0 Å². The second-order valence-electron chi connectivity index (χ2n) is 7.39. The Balaban J connectivity index is 1.68. The first-order chi connectivity index (χ1) is 14.6. The highest BCUT2D eigenvalue weighted by atomic mass is 32.2. The Morgan fingerprint density at radius 3 is 2.55 bits per heavy atom. The number of carbonyl (C=O) groups is 3. The number of aromatic carboxylic acids is 1. The summed E-state index contributed by atoms with van der Waals surface area (Å²) in [7, 11) is -3.70. The molecule has 0 aromatic heterocycles. The van der Waals surface area contributed by atoms with Gasteiger partial charge in [0.25, 0.3) is 0 Å². The van der Waals surface area contributed by atoms with Gasteiger partial charge in [0, 0.05) is 30.8 Å². The number of sulfone groups is 1. The molecule has 2 N–H and O–H groups in total. The Morgan fingerprint density at radius 1 is 1.13 bits per heavy atom. The third kappa shape index (κ3) is 4.93. The average Bonchev–Trinajstić information content (AvgIpc) is 3.16. The molecular formula is C22H24N2O6S. The maximum Gasteiger partial charge on any atom is 0.335 e. The van der Waals surface area contributed by atoms with Gasteiger partial charge in [-0.15, -0.1) is 0 Å². The van der Waals surface area contributed by atoms with E-state index in [1.165, 1.54) is 18.2 Å². The number of hydrogen-bond donors (Lipinski definition) is 2. The molecule has 0 aliphatic carbocycles. The van der Waals surface area contributed by atoms with Crippen LogP contribution in [0, 0.1) is 6.92 Å². The molecule has 0 unspecified atom stereocenters. The number of carboxylic acids is 1. The van der Waals surface area contributed by atoms with E-state index < -0.39 is 21.7 Å². The number of fused-ring (bicyclic) bond motifs is 1. The van der Waals surface area contributed by atoms with Gasteiger partial charge in [-0.1, -0.05) is 13.0 Å². The minimum atomic E-state index is -3.70. The number of amides is 2. The van der Waals surface area contributed by atoms with Crippen molar-refractivity contribution in [3.63, 3.8) is 0 Å². The molecule has 1 aliphatic heterocycles. The van der Waals surface area contributed by atoms with Crippen LogP contribution in [-0.4, -0.2) is 43.6 Å². The Bertz CT molecular complexity index is 1160. The second-order valence-corrected chi connectivity index (χ2v) is 9.50. The molecule has 164 valence electrons. The quantitative estimate of drug-likeness (QED) is 0.677. The number of anilines is 2. The van der Waals surface area contributed by atoms with Crippen LogP contribution in [-0.2, 0) is 25.8 Å². The standard InChI is InChI=1S/C22H24N2O6S/c1-3-21(26)24-10-8-15-12-17(6-7-19(15)24)31(29,30)11-9-20(25)23-18-13-16(22(27)28)5-4-14(18)2/h4-7,12-13H,3,8-11H2,1-2H3,(H,23,25)(H,27,28). The molecule has 0 atom stereocenters. The summed E-state index contributed by atoms with van der Waals surface area (Å²) in [5.74, 6) is -2.02. The summed E-state index contributed by atoms with van der Waals surface area (Å²) in [6.07, 6.45) is 0.699. The van der Waals surface area contributed by atoms with Crippen LogP contribution >= 0.6 is 0 Å². The van der Waals surface area contributed by atoms with Crippen molar-refractivity contribution in [3.8, 4) is 0 Å². The topological polar surface area (TPSA) is 121 Å². The van der Waals surface area contributed by atoms with Crippen molar-refractivity contribution >= 4 is 39.0 Å². The number of nitrogens with one attached hydrogen (secondary N) is 1. The highest BCUT2D eigenvalue weighted by Gasteiger charge is 2.26. The number of hydrogen-bond acceptors (Lipinski definition) is 5. The molecule has 8 nitrogen and oxygen atoms in total. The summed E-state index contributed by atoms with van der Waals surface area (Å²) in [4.78, 5) is 37.2. The number of carbonyl (C=O) groups excluding carboxylic acids is 2. The molecule has 0 bridgehead atoms. The maximum atomic E-state index is 12.7. The smallest absolute Gasteiger partial charge is 0.335 e. The first-order valence-electron chi connectivity index (χ1n) is 9.92. The summed E-state index contributed by atoms with van der Waals surface area (Å²) in [5.41, 5.74) is 2.57. The van der Waals surface area contributed by atoms with Crippen molar-refractivity contribution in [1.82, 2.24) is 0 Å². The maximum absolute atomic E-state index is 12.7. The van der Waals surface area contributed by atoms with E-state index in [1.54, 1.807) is 36.9 Å². The van der Waals surface area contributed by atoms with Gasteiger partial charge in [0.2, 0.25) is 11.8 Å². The molecule has 31 heavy (non-hydrogen) atoms. The first kappa shape index (κ1) is 22.5. The Kier molecular flexibility index (Phi) is 6.45. The number of aryl methyl sites for hydroxylation is 1. The average molecular weight is 445 g/mol. The number of benzene rings is 2. The van der Waals surface area contributed by atoms with Crippen molar-refractivity contribution < 1.29 is 27.9 Å². The lowest BCUT2D eigenvalue weighted by molar-refractivity contribution is -0.118. The molecule has 2 amide bonds. The van der Waals surface area contributed by atoms with Crippen LogP contribution in [0.2, 0.25) is 0 Å². The van der Waals surface area contributed by atoms with Crippen LogP contribution in [0.1, 0.15) is 41.3 Å². The Morgan fingerprint density at radius 2 is 1.87 bits per heavy atom. The minimum absolute atomic E-state index is 0.00621. The van der Waals surface area contributed by atoms with E-state index in [2.05, 4.69) is 5.32 Å². The summed E-state index contributed by atoms with van der Waals surface area (Å²) in [6.45, 7) is 4.03. The predicted octanol–water partition coefficient (Wildman–Crippen LogP) is 2.79. The van der Waals surface area contributed by atoms with Gasteiger partial charge >= 0.3 is 5.97 Å². The van der Waals surface area contributed by atoms with Crippen LogP contribution in [0.4, 0.5) is 11.4 Å². The van der Waals surface area contributed by atoms with E-state index in [0.717, 1.165) is 11.3 Å². The fourth-order valence-corrected chi connectivity index (χ4v) is 4.76. The van der Waals surface area contributed by atoms with Gasteiger partial charge in [-0.2, -0.15) is 0 Å². The molecule has 2 aromatic rings. The van der Waals surface area contributed by atoms with Crippen LogP contribution in [0.5, 0.6) is 0 Å². The largest absolute Gasteiger partial charge is 0.478 e. The van der Waals surface area contributed by atoms with E-state index in [0.29, 0.717) is 30.6 Å². The summed E-state index contributed by atoms with van der Waals surface area (Å²) in [6, 6.07) is 9.03. The first-order valence-corrected chi connectivity index (χ1v) is 11.6. The molecule has 1 heterocycles. The van der Waals surface area contributed by atoms with Crippen molar-refractivity contribution in [3.05, 3.63) is 53.1 Å². The van der Waals surface area contributed by atoms with Crippen molar-refractivity contribution in [2.45, 2.75) is 38.0 Å². The fourth-order valence-electron chi connectivity index (χ4n) is 3.47. The lowest BCUT2D eigenvalue weighted by atomic mass is 10.1.